The lowest BCUT2D eigenvalue weighted by Crippen LogP contribution is -2.19. The van der Waals surface area contributed by atoms with Crippen LogP contribution in [0.1, 0.15) is 5.56 Å². The van der Waals surface area contributed by atoms with E-state index in [9.17, 15) is 0 Å². The van der Waals surface area contributed by atoms with Gasteiger partial charge in [-0.25, -0.2) is 0 Å². The van der Waals surface area contributed by atoms with Gasteiger partial charge < -0.3 is 8.85 Å². The zero-order valence-corrected chi connectivity index (χ0v) is 11.6. The maximum Gasteiger partial charge on any atom is 0.384 e. The summed E-state index contributed by atoms with van der Waals surface area (Å²) in [5, 5.41) is 0. The molecule has 0 aliphatic carbocycles. The van der Waals surface area contributed by atoms with Crippen molar-refractivity contribution in [1.29, 1.82) is 0 Å². The van der Waals surface area contributed by atoms with E-state index in [2.05, 4.69) is 46.9 Å². The van der Waals surface area contributed by atoms with Crippen LogP contribution in [0, 0.1) is 3.57 Å². The monoisotopic (exact) mass is 321 g/mol. The summed E-state index contributed by atoms with van der Waals surface area (Å²) < 4.78 is 11.8. The van der Waals surface area contributed by atoms with Crippen LogP contribution in [-0.2, 0) is 15.3 Å². The molecule has 14 heavy (non-hydrogen) atoms. The van der Waals surface area contributed by atoms with E-state index in [1.165, 1.54) is 9.13 Å². The number of aryl methyl sites for hydroxylation is 1. The lowest BCUT2D eigenvalue weighted by atomic mass is 10.2. The molecule has 0 N–H and O–H groups in total. The zero-order chi connectivity index (χ0) is 10.4. The molecule has 0 unspecified atom stereocenters. The van der Waals surface area contributed by atoms with Gasteiger partial charge in [0.15, 0.2) is 0 Å². The molecule has 0 amide bonds. The van der Waals surface area contributed by atoms with Gasteiger partial charge in [0.05, 0.1) is 0 Å². The molecular weight excluding hydrogens is 307 g/mol. The Morgan fingerprint density at radius 3 is 2.43 bits per heavy atom. The minimum Gasteiger partial charge on any atom is -0.397 e. The summed E-state index contributed by atoms with van der Waals surface area (Å²) in [4.78, 5) is 0. The highest BCUT2D eigenvalue weighted by molar-refractivity contribution is 14.1. The topological polar surface area (TPSA) is 18.5 Å². The summed E-state index contributed by atoms with van der Waals surface area (Å²) in [7, 11) is 2.39. The molecule has 4 heteroatoms. The number of halogens is 1. The minimum atomic E-state index is -1.04. The molecule has 0 saturated heterocycles. The average Bonchev–Trinajstić information content (AvgIpc) is 2.22. The molecular formula is C10H14IO2Si. The molecule has 1 radical (unpaired) electrons. The first-order valence-corrected chi connectivity index (χ1v) is 7.05. The Morgan fingerprint density at radius 1 is 1.21 bits per heavy atom. The summed E-state index contributed by atoms with van der Waals surface area (Å²) >= 11 is 2.36. The fraction of sp³-hybridized carbons (Fsp3) is 0.400. The number of benzene rings is 1. The Kier molecular flexibility index (Phi) is 5.69. The Hall–Kier alpha value is 0.0869. The summed E-state index contributed by atoms with van der Waals surface area (Å²) in [5.41, 5.74) is 1.38. The maximum absolute atomic E-state index is 5.24. The lowest BCUT2D eigenvalue weighted by Gasteiger charge is -2.09. The first-order valence-electron chi connectivity index (χ1n) is 4.45. The summed E-state index contributed by atoms with van der Waals surface area (Å²) in [6.07, 6.45) is 1.04. The molecule has 1 aromatic carbocycles. The molecule has 1 aromatic rings. The summed E-state index contributed by atoms with van der Waals surface area (Å²) in [5.74, 6) is 0. The van der Waals surface area contributed by atoms with Crippen LogP contribution >= 0.6 is 22.6 Å². The first kappa shape index (κ1) is 12.2. The van der Waals surface area contributed by atoms with Crippen molar-refractivity contribution in [2.45, 2.75) is 12.5 Å². The van der Waals surface area contributed by atoms with Crippen molar-refractivity contribution in [3.63, 3.8) is 0 Å². The van der Waals surface area contributed by atoms with Crippen molar-refractivity contribution in [2.24, 2.45) is 0 Å². The van der Waals surface area contributed by atoms with Crippen molar-refractivity contribution in [3.05, 3.63) is 33.4 Å². The molecule has 1 rings (SSSR count). The Balaban J connectivity index is 2.49. The predicted octanol–water partition coefficient (Wildman–Crippen LogP) is 2.61. The number of hydrogen-bond donors (Lipinski definition) is 0. The van der Waals surface area contributed by atoms with Crippen LogP contribution in [0.15, 0.2) is 24.3 Å². The number of rotatable bonds is 5. The molecule has 0 heterocycles. The van der Waals surface area contributed by atoms with Crippen LogP contribution in [0.5, 0.6) is 0 Å². The van der Waals surface area contributed by atoms with Gasteiger partial charge in [0.25, 0.3) is 0 Å². The summed E-state index contributed by atoms with van der Waals surface area (Å²) in [6.45, 7) is 0. The van der Waals surface area contributed by atoms with Crippen LogP contribution in [-0.4, -0.2) is 23.5 Å². The van der Waals surface area contributed by atoms with E-state index in [4.69, 9.17) is 8.85 Å². The van der Waals surface area contributed by atoms with E-state index in [0.717, 1.165) is 12.5 Å². The molecule has 0 bridgehead atoms. The normalized spacial score (nSPS) is 10.9. The second kappa shape index (κ2) is 6.55. The van der Waals surface area contributed by atoms with Crippen LogP contribution in [0.3, 0.4) is 0 Å². The number of hydrogen-bond acceptors (Lipinski definition) is 2. The van der Waals surface area contributed by atoms with Crippen LogP contribution in [0.4, 0.5) is 0 Å². The minimum absolute atomic E-state index is 0.998. The van der Waals surface area contributed by atoms with Crippen molar-refractivity contribution in [3.8, 4) is 0 Å². The molecule has 0 atom stereocenters. The SMILES string of the molecule is CO[Si](CCc1ccccc1I)OC. The zero-order valence-electron chi connectivity index (χ0n) is 8.42. The van der Waals surface area contributed by atoms with Crippen molar-refractivity contribution in [2.75, 3.05) is 14.2 Å². The first-order chi connectivity index (χ1) is 6.77. The maximum atomic E-state index is 5.24. The molecule has 0 aliphatic rings. The third-order valence-corrected chi connectivity index (χ3v) is 4.63. The van der Waals surface area contributed by atoms with Crippen LogP contribution < -0.4 is 0 Å². The summed E-state index contributed by atoms with van der Waals surface area (Å²) in [6, 6.07) is 9.42. The molecule has 0 aromatic heterocycles. The van der Waals surface area contributed by atoms with Gasteiger partial charge in [0.2, 0.25) is 0 Å². The lowest BCUT2D eigenvalue weighted by molar-refractivity contribution is 0.277. The Morgan fingerprint density at radius 2 is 1.86 bits per heavy atom. The van der Waals surface area contributed by atoms with Gasteiger partial charge in [-0.1, -0.05) is 18.2 Å². The molecule has 0 saturated carbocycles. The standard InChI is InChI=1S/C10H14IO2Si/c1-12-14(13-2)8-7-9-5-3-4-6-10(9)11/h3-6H,7-8H2,1-2H3. The quantitative estimate of drug-likeness (QED) is 0.613. The van der Waals surface area contributed by atoms with E-state index >= 15 is 0 Å². The van der Waals surface area contributed by atoms with Crippen molar-refractivity contribution < 1.29 is 8.85 Å². The highest BCUT2D eigenvalue weighted by Crippen LogP contribution is 2.14. The van der Waals surface area contributed by atoms with Gasteiger partial charge in [0.1, 0.15) is 0 Å². The van der Waals surface area contributed by atoms with Gasteiger partial charge >= 0.3 is 9.28 Å². The largest absolute Gasteiger partial charge is 0.397 e. The van der Waals surface area contributed by atoms with Gasteiger partial charge in [-0.05, 0) is 46.7 Å². The Labute approximate surface area is 101 Å². The van der Waals surface area contributed by atoms with Gasteiger partial charge in [-0.2, -0.15) is 0 Å². The predicted molar refractivity (Wildman–Crippen MR) is 67.4 cm³/mol. The fourth-order valence-electron chi connectivity index (χ4n) is 1.23. The fourth-order valence-corrected chi connectivity index (χ4v) is 2.93. The average molecular weight is 321 g/mol. The van der Waals surface area contributed by atoms with Crippen LogP contribution in [0.25, 0.3) is 0 Å². The van der Waals surface area contributed by atoms with Crippen molar-refractivity contribution in [1.82, 2.24) is 0 Å². The Bertz CT molecular complexity index is 277. The third kappa shape index (κ3) is 3.68. The highest BCUT2D eigenvalue weighted by Gasteiger charge is 2.12. The second-order valence-electron chi connectivity index (χ2n) is 2.87. The van der Waals surface area contributed by atoms with Crippen LogP contribution in [0.2, 0.25) is 6.04 Å². The molecule has 2 nitrogen and oxygen atoms in total. The molecule has 0 aliphatic heterocycles. The molecule has 0 fully saturated rings. The van der Waals surface area contributed by atoms with E-state index < -0.39 is 9.28 Å². The van der Waals surface area contributed by atoms with Gasteiger partial charge in [-0.3, -0.25) is 0 Å². The van der Waals surface area contributed by atoms with Gasteiger partial charge in [-0.15, -0.1) is 0 Å². The smallest absolute Gasteiger partial charge is 0.384 e. The molecule has 77 valence electrons. The second-order valence-corrected chi connectivity index (χ2v) is 6.09. The van der Waals surface area contributed by atoms with E-state index in [1.807, 2.05) is 0 Å². The van der Waals surface area contributed by atoms with Gasteiger partial charge in [0, 0.05) is 17.8 Å². The highest BCUT2D eigenvalue weighted by atomic mass is 127. The van der Waals surface area contributed by atoms with Crippen molar-refractivity contribution >= 4 is 31.9 Å². The van der Waals surface area contributed by atoms with E-state index in [0.29, 0.717) is 0 Å². The van der Waals surface area contributed by atoms with E-state index in [-0.39, 0.29) is 0 Å². The molecule has 0 spiro atoms. The third-order valence-electron chi connectivity index (χ3n) is 2.01. The van der Waals surface area contributed by atoms with E-state index in [1.54, 1.807) is 14.2 Å².